The molecule has 3 amide bonds. The SMILES string of the molecule is CN(C)C(=O)Cc1ccc(Oc2ccc(CC3SC(=O)NC3=O)cc2)cc1. The van der Waals surface area contributed by atoms with Gasteiger partial charge in [0.05, 0.1) is 11.7 Å². The molecular weight excluding hydrogens is 364 g/mol. The number of amides is 3. The highest BCUT2D eigenvalue weighted by Crippen LogP contribution is 2.26. The van der Waals surface area contributed by atoms with Crippen molar-refractivity contribution in [3.05, 3.63) is 59.7 Å². The number of thioether (sulfide) groups is 1. The maximum atomic E-state index is 11.7. The normalized spacial score (nSPS) is 16.1. The molecule has 1 N–H and O–H groups in total. The van der Waals surface area contributed by atoms with Crippen molar-refractivity contribution >= 4 is 28.8 Å². The molecule has 1 fully saturated rings. The van der Waals surface area contributed by atoms with E-state index in [2.05, 4.69) is 5.32 Å². The average molecular weight is 384 g/mol. The van der Waals surface area contributed by atoms with Crippen molar-refractivity contribution in [1.29, 1.82) is 0 Å². The maximum Gasteiger partial charge on any atom is 0.286 e. The number of nitrogens with zero attached hydrogens (tertiary/aromatic N) is 1. The molecule has 7 heteroatoms. The molecule has 1 aliphatic heterocycles. The summed E-state index contributed by atoms with van der Waals surface area (Å²) < 4.78 is 5.81. The fourth-order valence-corrected chi connectivity index (χ4v) is 3.44. The van der Waals surface area contributed by atoms with Gasteiger partial charge >= 0.3 is 0 Å². The predicted octanol–water partition coefficient (Wildman–Crippen LogP) is 3.00. The van der Waals surface area contributed by atoms with Gasteiger partial charge in [0.1, 0.15) is 11.5 Å². The minimum atomic E-state index is -0.373. The molecule has 1 atom stereocenters. The lowest BCUT2D eigenvalue weighted by Crippen LogP contribution is -2.25. The van der Waals surface area contributed by atoms with Crippen molar-refractivity contribution in [2.75, 3.05) is 14.1 Å². The molecule has 6 nitrogen and oxygen atoms in total. The van der Waals surface area contributed by atoms with Crippen molar-refractivity contribution in [3.63, 3.8) is 0 Å². The molecule has 0 bridgehead atoms. The Bertz CT molecular complexity index is 847. The fraction of sp³-hybridized carbons (Fsp3) is 0.250. The number of carbonyl (C=O) groups is 3. The Morgan fingerprint density at radius 3 is 2.04 bits per heavy atom. The Morgan fingerprint density at radius 1 is 1.00 bits per heavy atom. The van der Waals surface area contributed by atoms with E-state index in [0.29, 0.717) is 24.3 Å². The standard InChI is InChI=1S/C20H20N2O4S/c1-22(2)18(23)12-14-5-9-16(10-6-14)26-15-7-3-13(4-8-15)11-17-19(24)21-20(25)27-17/h3-10,17H,11-12H2,1-2H3,(H,21,24,25). The van der Waals surface area contributed by atoms with Crippen LogP contribution in [0.15, 0.2) is 48.5 Å². The second-order valence-corrected chi connectivity index (χ2v) is 7.62. The molecule has 2 aromatic rings. The van der Waals surface area contributed by atoms with Crippen molar-refractivity contribution < 1.29 is 19.1 Å². The Hall–Kier alpha value is -2.80. The zero-order chi connectivity index (χ0) is 19.4. The quantitative estimate of drug-likeness (QED) is 0.829. The number of rotatable bonds is 6. The Labute approximate surface area is 161 Å². The summed E-state index contributed by atoms with van der Waals surface area (Å²) in [5.41, 5.74) is 1.89. The van der Waals surface area contributed by atoms with Gasteiger partial charge in [-0.2, -0.15) is 0 Å². The molecule has 1 aliphatic rings. The van der Waals surface area contributed by atoms with E-state index in [4.69, 9.17) is 4.74 Å². The van der Waals surface area contributed by atoms with Gasteiger partial charge in [-0.25, -0.2) is 0 Å². The summed E-state index contributed by atoms with van der Waals surface area (Å²) >= 11 is 1.02. The minimum Gasteiger partial charge on any atom is -0.457 e. The third-order valence-corrected chi connectivity index (χ3v) is 5.11. The molecule has 2 aromatic carbocycles. The Balaban J connectivity index is 1.57. The number of imide groups is 1. The number of ether oxygens (including phenoxy) is 1. The highest BCUT2D eigenvalue weighted by Gasteiger charge is 2.31. The van der Waals surface area contributed by atoms with E-state index in [-0.39, 0.29) is 22.3 Å². The molecule has 1 heterocycles. The smallest absolute Gasteiger partial charge is 0.286 e. The number of carbonyl (C=O) groups excluding carboxylic acids is 3. The van der Waals surface area contributed by atoms with Crippen LogP contribution in [0.2, 0.25) is 0 Å². The Morgan fingerprint density at radius 2 is 1.56 bits per heavy atom. The van der Waals surface area contributed by atoms with E-state index in [1.165, 1.54) is 0 Å². The van der Waals surface area contributed by atoms with Crippen LogP contribution in [0, 0.1) is 0 Å². The third kappa shape index (κ3) is 5.10. The van der Waals surface area contributed by atoms with Gasteiger partial charge in [0.2, 0.25) is 11.8 Å². The summed E-state index contributed by atoms with van der Waals surface area (Å²) in [6, 6.07) is 14.8. The number of likely N-dealkylation sites (N-methyl/N-ethyl adjacent to an activating group) is 1. The molecule has 1 saturated heterocycles. The molecule has 0 spiro atoms. The van der Waals surface area contributed by atoms with Crippen LogP contribution in [0.5, 0.6) is 11.5 Å². The first kappa shape index (κ1) is 19.0. The monoisotopic (exact) mass is 384 g/mol. The first-order chi connectivity index (χ1) is 12.9. The molecule has 27 heavy (non-hydrogen) atoms. The molecule has 0 aliphatic carbocycles. The van der Waals surface area contributed by atoms with E-state index in [9.17, 15) is 14.4 Å². The number of nitrogens with one attached hydrogen (secondary N) is 1. The van der Waals surface area contributed by atoms with Crippen molar-refractivity contribution in [2.45, 2.75) is 18.1 Å². The summed E-state index contributed by atoms with van der Waals surface area (Å²) in [5.74, 6) is 1.17. The number of hydrogen-bond acceptors (Lipinski definition) is 5. The second kappa shape index (κ2) is 8.26. The predicted molar refractivity (Wildman–Crippen MR) is 104 cm³/mol. The van der Waals surface area contributed by atoms with Crippen LogP contribution in [0.4, 0.5) is 4.79 Å². The van der Waals surface area contributed by atoms with Crippen LogP contribution in [-0.4, -0.2) is 41.3 Å². The highest BCUT2D eigenvalue weighted by atomic mass is 32.2. The van der Waals surface area contributed by atoms with Crippen LogP contribution in [0.3, 0.4) is 0 Å². The molecule has 3 rings (SSSR count). The van der Waals surface area contributed by atoms with E-state index < -0.39 is 0 Å². The van der Waals surface area contributed by atoms with E-state index >= 15 is 0 Å². The van der Waals surface area contributed by atoms with Gasteiger partial charge in [0.15, 0.2) is 0 Å². The van der Waals surface area contributed by atoms with Gasteiger partial charge in [-0.3, -0.25) is 19.7 Å². The largest absolute Gasteiger partial charge is 0.457 e. The summed E-state index contributed by atoms with van der Waals surface area (Å²) in [6.45, 7) is 0. The maximum absolute atomic E-state index is 11.7. The van der Waals surface area contributed by atoms with E-state index in [1.807, 2.05) is 48.5 Å². The second-order valence-electron chi connectivity index (χ2n) is 6.44. The van der Waals surface area contributed by atoms with Crippen LogP contribution < -0.4 is 10.1 Å². The zero-order valence-corrected chi connectivity index (χ0v) is 15.9. The van der Waals surface area contributed by atoms with Crippen molar-refractivity contribution in [2.24, 2.45) is 0 Å². The molecule has 0 saturated carbocycles. The van der Waals surface area contributed by atoms with Gasteiger partial charge in [0, 0.05) is 14.1 Å². The van der Waals surface area contributed by atoms with Crippen LogP contribution in [0.25, 0.3) is 0 Å². The van der Waals surface area contributed by atoms with Gasteiger partial charge in [-0.15, -0.1) is 0 Å². The van der Waals surface area contributed by atoms with E-state index in [0.717, 1.165) is 22.9 Å². The average Bonchev–Trinajstić information content (AvgIpc) is 2.95. The van der Waals surface area contributed by atoms with Crippen molar-refractivity contribution in [3.8, 4) is 11.5 Å². The molecule has 0 radical (unpaired) electrons. The lowest BCUT2D eigenvalue weighted by Gasteiger charge is -2.11. The first-order valence-corrected chi connectivity index (χ1v) is 9.36. The van der Waals surface area contributed by atoms with Crippen LogP contribution >= 0.6 is 11.8 Å². The summed E-state index contributed by atoms with van der Waals surface area (Å²) in [7, 11) is 3.47. The van der Waals surface area contributed by atoms with Crippen LogP contribution in [0.1, 0.15) is 11.1 Å². The van der Waals surface area contributed by atoms with Crippen molar-refractivity contribution in [1.82, 2.24) is 10.2 Å². The zero-order valence-electron chi connectivity index (χ0n) is 15.1. The molecule has 140 valence electrons. The van der Waals surface area contributed by atoms with Gasteiger partial charge in [-0.05, 0) is 41.8 Å². The van der Waals surface area contributed by atoms with E-state index in [1.54, 1.807) is 19.0 Å². The van der Waals surface area contributed by atoms with Gasteiger partial charge in [-0.1, -0.05) is 36.0 Å². The Kier molecular flexibility index (Phi) is 5.81. The van der Waals surface area contributed by atoms with Gasteiger partial charge in [0.25, 0.3) is 5.24 Å². The number of hydrogen-bond donors (Lipinski definition) is 1. The lowest BCUT2D eigenvalue weighted by atomic mass is 10.1. The summed E-state index contributed by atoms with van der Waals surface area (Å²) in [4.78, 5) is 36.1. The summed E-state index contributed by atoms with van der Waals surface area (Å²) in [5, 5.41) is 1.63. The summed E-state index contributed by atoms with van der Waals surface area (Å²) in [6.07, 6.45) is 0.856. The number of benzene rings is 2. The van der Waals surface area contributed by atoms with Crippen LogP contribution in [-0.2, 0) is 22.4 Å². The topological polar surface area (TPSA) is 75.7 Å². The molecule has 1 unspecified atom stereocenters. The van der Waals surface area contributed by atoms with Gasteiger partial charge < -0.3 is 9.64 Å². The minimum absolute atomic E-state index is 0.0510. The molecule has 0 aromatic heterocycles. The fourth-order valence-electron chi connectivity index (χ4n) is 2.58. The lowest BCUT2D eigenvalue weighted by molar-refractivity contribution is -0.128. The highest BCUT2D eigenvalue weighted by molar-refractivity contribution is 8.15. The third-order valence-electron chi connectivity index (χ3n) is 4.12. The first-order valence-electron chi connectivity index (χ1n) is 8.48. The molecular formula is C20H20N2O4S.